The highest BCUT2D eigenvalue weighted by Crippen LogP contribution is 2.29. The highest BCUT2D eigenvalue weighted by Gasteiger charge is 2.39. The Hall–Kier alpha value is -1.11. The molecule has 3 fully saturated rings. The van der Waals surface area contributed by atoms with Crippen LogP contribution < -0.4 is 0 Å². The van der Waals surface area contributed by atoms with Gasteiger partial charge in [-0.25, -0.2) is 8.42 Å². The first-order chi connectivity index (χ1) is 12.5. The van der Waals surface area contributed by atoms with Crippen molar-refractivity contribution < 1.29 is 22.7 Å². The molecule has 1 atom stereocenters. The molecular formula is C19H31NO5S. The van der Waals surface area contributed by atoms with Gasteiger partial charge in [-0.05, 0) is 32.1 Å². The molecule has 0 radical (unpaired) electrons. The van der Waals surface area contributed by atoms with Crippen LogP contribution in [-0.4, -0.2) is 55.4 Å². The Labute approximate surface area is 156 Å². The standard InChI is InChI=1S/C19H31NO5S/c21-18(13-25-19(22)15-7-3-1-4-8-15)20(16-9-5-2-6-10-16)17-11-12-26(23,24)14-17/h15-17H,1-14H2. The Morgan fingerprint density at radius 3 is 2.04 bits per heavy atom. The summed E-state index contributed by atoms with van der Waals surface area (Å²) in [6.07, 6.45) is 10.6. The van der Waals surface area contributed by atoms with E-state index in [1.165, 1.54) is 0 Å². The normalized spacial score (nSPS) is 27.2. The maximum atomic E-state index is 12.9. The molecule has 148 valence electrons. The molecule has 0 aromatic carbocycles. The van der Waals surface area contributed by atoms with Gasteiger partial charge in [-0.1, -0.05) is 38.5 Å². The van der Waals surface area contributed by atoms with Crippen molar-refractivity contribution >= 4 is 21.7 Å². The summed E-state index contributed by atoms with van der Waals surface area (Å²) in [5.41, 5.74) is 0. The average molecular weight is 386 g/mol. The van der Waals surface area contributed by atoms with Crippen LogP contribution in [0.25, 0.3) is 0 Å². The van der Waals surface area contributed by atoms with Crippen molar-refractivity contribution in [2.24, 2.45) is 5.92 Å². The van der Waals surface area contributed by atoms with Crippen molar-refractivity contribution in [3.8, 4) is 0 Å². The van der Waals surface area contributed by atoms with E-state index in [0.717, 1.165) is 64.2 Å². The molecule has 2 saturated carbocycles. The summed E-state index contributed by atoms with van der Waals surface area (Å²) in [5, 5.41) is 0. The van der Waals surface area contributed by atoms with E-state index in [4.69, 9.17) is 4.74 Å². The first-order valence-electron chi connectivity index (χ1n) is 10.1. The molecule has 26 heavy (non-hydrogen) atoms. The molecule has 0 aromatic heterocycles. The van der Waals surface area contributed by atoms with Crippen LogP contribution in [0.1, 0.15) is 70.6 Å². The van der Waals surface area contributed by atoms with Crippen molar-refractivity contribution in [1.29, 1.82) is 0 Å². The van der Waals surface area contributed by atoms with Gasteiger partial charge in [-0.15, -0.1) is 0 Å². The SMILES string of the molecule is O=C(OCC(=O)N(C1CCCCC1)C1CCS(=O)(=O)C1)C1CCCCC1. The highest BCUT2D eigenvalue weighted by molar-refractivity contribution is 7.91. The van der Waals surface area contributed by atoms with Crippen molar-refractivity contribution in [1.82, 2.24) is 4.90 Å². The van der Waals surface area contributed by atoms with Crippen LogP contribution in [-0.2, 0) is 24.2 Å². The van der Waals surface area contributed by atoms with Gasteiger partial charge in [0.05, 0.1) is 17.4 Å². The van der Waals surface area contributed by atoms with Crippen LogP contribution >= 0.6 is 0 Å². The largest absolute Gasteiger partial charge is 0.455 e. The van der Waals surface area contributed by atoms with Gasteiger partial charge in [0.2, 0.25) is 0 Å². The number of ether oxygens (including phenoxy) is 1. The molecule has 3 rings (SSSR count). The molecule has 0 bridgehead atoms. The second-order valence-electron chi connectivity index (χ2n) is 8.09. The quantitative estimate of drug-likeness (QED) is 0.679. The molecular weight excluding hydrogens is 354 g/mol. The molecule has 1 aliphatic heterocycles. The molecule has 1 amide bonds. The van der Waals surface area contributed by atoms with Crippen LogP contribution in [0.2, 0.25) is 0 Å². The minimum atomic E-state index is -3.06. The van der Waals surface area contributed by atoms with Crippen LogP contribution in [0.3, 0.4) is 0 Å². The number of hydrogen-bond donors (Lipinski definition) is 0. The fourth-order valence-corrected chi connectivity index (χ4v) is 6.43. The van der Waals surface area contributed by atoms with E-state index in [1.807, 2.05) is 0 Å². The molecule has 1 heterocycles. The summed E-state index contributed by atoms with van der Waals surface area (Å²) >= 11 is 0. The van der Waals surface area contributed by atoms with Crippen LogP contribution in [0.15, 0.2) is 0 Å². The zero-order valence-electron chi connectivity index (χ0n) is 15.5. The van der Waals surface area contributed by atoms with Gasteiger partial charge in [0.1, 0.15) is 0 Å². The van der Waals surface area contributed by atoms with Crippen molar-refractivity contribution in [3.05, 3.63) is 0 Å². The Morgan fingerprint density at radius 1 is 0.846 bits per heavy atom. The molecule has 0 aromatic rings. The van der Waals surface area contributed by atoms with Gasteiger partial charge in [0, 0.05) is 12.1 Å². The molecule has 6 nitrogen and oxygen atoms in total. The first kappa shape index (κ1) is 19.6. The third-order valence-electron chi connectivity index (χ3n) is 6.13. The molecule has 0 spiro atoms. The lowest BCUT2D eigenvalue weighted by Crippen LogP contribution is -2.50. The van der Waals surface area contributed by atoms with Gasteiger partial charge in [-0.3, -0.25) is 9.59 Å². The predicted molar refractivity (Wildman–Crippen MR) is 98.3 cm³/mol. The number of sulfone groups is 1. The zero-order chi connectivity index (χ0) is 18.6. The third-order valence-corrected chi connectivity index (χ3v) is 7.88. The Morgan fingerprint density at radius 2 is 1.46 bits per heavy atom. The number of esters is 1. The van der Waals surface area contributed by atoms with Gasteiger partial charge in [-0.2, -0.15) is 0 Å². The molecule has 3 aliphatic rings. The molecule has 7 heteroatoms. The predicted octanol–water partition coefficient (Wildman–Crippen LogP) is 2.46. The van der Waals surface area contributed by atoms with E-state index in [0.29, 0.717) is 6.42 Å². The molecule has 2 aliphatic carbocycles. The zero-order valence-corrected chi connectivity index (χ0v) is 16.3. The lowest BCUT2D eigenvalue weighted by atomic mass is 9.89. The van der Waals surface area contributed by atoms with Crippen molar-refractivity contribution in [3.63, 3.8) is 0 Å². The van der Waals surface area contributed by atoms with E-state index >= 15 is 0 Å². The van der Waals surface area contributed by atoms with Crippen molar-refractivity contribution in [2.75, 3.05) is 18.1 Å². The fraction of sp³-hybridized carbons (Fsp3) is 0.895. The number of nitrogens with zero attached hydrogens (tertiary/aromatic N) is 1. The number of hydrogen-bond acceptors (Lipinski definition) is 5. The minimum Gasteiger partial charge on any atom is -0.455 e. The van der Waals surface area contributed by atoms with Gasteiger partial charge in [0.15, 0.2) is 16.4 Å². The summed E-state index contributed by atoms with van der Waals surface area (Å²) in [6, 6.07) is -0.174. The Bertz CT molecular complexity index is 605. The van der Waals surface area contributed by atoms with Gasteiger partial charge in [0.25, 0.3) is 5.91 Å². The topological polar surface area (TPSA) is 80.8 Å². The van der Waals surface area contributed by atoms with Crippen LogP contribution in [0.5, 0.6) is 0 Å². The average Bonchev–Trinajstić information content (AvgIpc) is 3.01. The fourth-order valence-electron chi connectivity index (χ4n) is 4.72. The van der Waals surface area contributed by atoms with Gasteiger partial charge >= 0.3 is 5.97 Å². The maximum absolute atomic E-state index is 12.9. The number of carbonyl (C=O) groups is 2. The number of carbonyl (C=O) groups excluding carboxylic acids is 2. The number of rotatable bonds is 5. The first-order valence-corrected chi connectivity index (χ1v) is 12.0. The Balaban J connectivity index is 1.61. The summed E-state index contributed by atoms with van der Waals surface area (Å²) in [5.74, 6) is -0.364. The highest BCUT2D eigenvalue weighted by atomic mass is 32.2. The van der Waals surface area contributed by atoms with Gasteiger partial charge < -0.3 is 9.64 Å². The van der Waals surface area contributed by atoms with E-state index in [2.05, 4.69) is 0 Å². The van der Waals surface area contributed by atoms with Crippen LogP contribution in [0.4, 0.5) is 0 Å². The maximum Gasteiger partial charge on any atom is 0.309 e. The monoisotopic (exact) mass is 385 g/mol. The molecule has 0 N–H and O–H groups in total. The summed E-state index contributed by atoms with van der Waals surface area (Å²) in [4.78, 5) is 26.9. The summed E-state index contributed by atoms with van der Waals surface area (Å²) in [7, 11) is -3.06. The minimum absolute atomic E-state index is 0.0474. The number of amides is 1. The van der Waals surface area contributed by atoms with E-state index in [-0.39, 0.29) is 48.0 Å². The van der Waals surface area contributed by atoms with E-state index in [9.17, 15) is 18.0 Å². The molecule has 1 saturated heterocycles. The second kappa shape index (κ2) is 8.72. The summed E-state index contributed by atoms with van der Waals surface area (Å²) < 4.78 is 29.1. The second-order valence-corrected chi connectivity index (χ2v) is 10.3. The lowest BCUT2D eigenvalue weighted by molar-refractivity contribution is -0.158. The lowest BCUT2D eigenvalue weighted by Gasteiger charge is -2.38. The Kier molecular flexibility index (Phi) is 6.59. The van der Waals surface area contributed by atoms with E-state index < -0.39 is 9.84 Å². The smallest absolute Gasteiger partial charge is 0.309 e. The summed E-state index contributed by atoms with van der Waals surface area (Å²) in [6.45, 7) is -0.248. The molecule has 1 unspecified atom stereocenters. The van der Waals surface area contributed by atoms with Crippen molar-refractivity contribution in [2.45, 2.75) is 82.7 Å². The van der Waals surface area contributed by atoms with Crippen LogP contribution in [0, 0.1) is 5.92 Å². The third kappa shape index (κ3) is 4.99. The van der Waals surface area contributed by atoms with E-state index in [1.54, 1.807) is 4.90 Å².